The lowest BCUT2D eigenvalue weighted by Crippen LogP contribution is -1.93. The zero-order valence-electron chi connectivity index (χ0n) is 9.59. The highest BCUT2D eigenvalue weighted by atomic mass is 32.2. The maximum Gasteiger partial charge on any atom is 0.127 e. The molecule has 0 aliphatic carbocycles. The van der Waals surface area contributed by atoms with Crippen molar-refractivity contribution in [2.75, 3.05) is 6.26 Å². The van der Waals surface area contributed by atoms with Crippen LogP contribution in [0, 0.1) is 0 Å². The maximum absolute atomic E-state index is 11.2. The van der Waals surface area contributed by atoms with Gasteiger partial charge in [0.05, 0.1) is 5.75 Å². The van der Waals surface area contributed by atoms with Crippen molar-refractivity contribution in [3.8, 4) is 16.9 Å². The van der Waals surface area contributed by atoms with Crippen molar-refractivity contribution in [1.29, 1.82) is 0 Å². The van der Waals surface area contributed by atoms with Crippen LogP contribution < -0.4 is 0 Å². The Labute approximate surface area is 103 Å². The van der Waals surface area contributed by atoms with Gasteiger partial charge in [0.25, 0.3) is 0 Å². The van der Waals surface area contributed by atoms with E-state index in [-0.39, 0.29) is 5.75 Å². The highest BCUT2D eigenvalue weighted by molar-refractivity contribution is 7.83. The van der Waals surface area contributed by atoms with Crippen LogP contribution in [0.15, 0.2) is 48.5 Å². The summed E-state index contributed by atoms with van der Waals surface area (Å²) in [5.74, 6) is 0.612. The molecule has 1 N–H and O–H groups in total. The van der Waals surface area contributed by atoms with Crippen LogP contribution in [0.3, 0.4) is 0 Å². The largest absolute Gasteiger partial charge is 0.507 e. The minimum atomic E-state index is -0.951. The summed E-state index contributed by atoms with van der Waals surface area (Å²) >= 11 is 0. The van der Waals surface area contributed by atoms with Crippen LogP contribution in [-0.2, 0) is 16.6 Å². The van der Waals surface area contributed by atoms with E-state index in [0.717, 1.165) is 16.7 Å². The normalized spacial score (nSPS) is 12.3. The Morgan fingerprint density at radius 2 is 1.76 bits per heavy atom. The van der Waals surface area contributed by atoms with Crippen LogP contribution in [0.25, 0.3) is 11.1 Å². The molecule has 0 spiro atoms. The molecular formula is C14H14O2S. The van der Waals surface area contributed by atoms with E-state index in [1.165, 1.54) is 0 Å². The summed E-state index contributed by atoms with van der Waals surface area (Å²) in [4.78, 5) is 0. The summed E-state index contributed by atoms with van der Waals surface area (Å²) in [5.41, 5.74) is 2.48. The molecule has 1 atom stereocenters. The summed E-state index contributed by atoms with van der Waals surface area (Å²) in [5, 5.41) is 10.2. The first kappa shape index (κ1) is 11.9. The highest BCUT2D eigenvalue weighted by Crippen LogP contribution is 2.32. The predicted octanol–water partition coefficient (Wildman–Crippen LogP) is 2.94. The third-order valence-corrected chi connectivity index (χ3v) is 3.28. The van der Waals surface area contributed by atoms with E-state index in [4.69, 9.17) is 0 Å². The number of para-hydroxylation sites is 1. The van der Waals surface area contributed by atoms with Crippen LogP contribution in [-0.4, -0.2) is 15.6 Å². The van der Waals surface area contributed by atoms with E-state index in [2.05, 4.69) is 0 Å². The summed E-state index contributed by atoms with van der Waals surface area (Å²) in [6.45, 7) is 0. The Balaban J connectivity index is 2.46. The van der Waals surface area contributed by atoms with Crippen molar-refractivity contribution < 1.29 is 9.32 Å². The fraction of sp³-hybridized carbons (Fsp3) is 0.143. The van der Waals surface area contributed by atoms with Crippen molar-refractivity contribution in [3.63, 3.8) is 0 Å². The molecule has 2 nitrogen and oxygen atoms in total. The van der Waals surface area contributed by atoms with Gasteiger partial charge in [0.1, 0.15) is 5.75 Å². The second kappa shape index (κ2) is 5.15. The first-order valence-corrected chi connectivity index (χ1v) is 7.07. The summed E-state index contributed by atoms with van der Waals surface area (Å²) in [7, 11) is -0.951. The number of hydrogen-bond acceptors (Lipinski definition) is 2. The van der Waals surface area contributed by atoms with Gasteiger partial charge in [0.15, 0.2) is 0 Å². The fourth-order valence-electron chi connectivity index (χ4n) is 1.78. The standard InChI is InChI=1S/C14H14O2S/c1-17(16)10-12-8-5-9-13(14(12)15)11-6-3-2-4-7-11/h2-9,15H,10H2,1H3. The summed E-state index contributed by atoms with van der Waals surface area (Å²) in [6, 6.07) is 15.2. The van der Waals surface area contributed by atoms with Crippen LogP contribution >= 0.6 is 0 Å². The molecule has 0 amide bonds. The van der Waals surface area contributed by atoms with Crippen molar-refractivity contribution in [3.05, 3.63) is 54.1 Å². The molecule has 0 radical (unpaired) electrons. The second-order valence-electron chi connectivity index (χ2n) is 3.90. The van der Waals surface area contributed by atoms with E-state index < -0.39 is 10.8 Å². The first-order chi connectivity index (χ1) is 8.18. The average Bonchev–Trinajstić information content (AvgIpc) is 2.32. The zero-order valence-corrected chi connectivity index (χ0v) is 10.4. The molecule has 1 unspecified atom stereocenters. The van der Waals surface area contributed by atoms with Gasteiger partial charge in [-0.2, -0.15) is 0 Å². The van der Waals surface area contributed by atoms with E-state index in [1.54, 1.807) is 6.26 Å². The lowest BCUT2D eigenvalue weighted by molar-refractivity contribution is 0.472. The maximum atomic E-state index is 11.2. The molecule has 0 saturated heterocycles. The average molecular weight is 246 g/mol. The molecule has 3 heteroatoms. The van der Waals surface area contributed by atoms with Crippen molar-refractivity contribution in [2.45, 2.75) is 5.75 Å². The van der Waals surface area contributed by atoms with Gasteiger partial charge in [0.2, 0.25) is 0 Å². The number of rotatable bonds is 3. The Hall–Kier alpha value is -1.61. The lowest BCUT2D eigenvalue weighted by Gasteiger charge is -2.08. The van der Waals surface area contributed by atoms with Crippen LogP contribution in [0.2, 0.25) is 0 Å². The number of hydrogen-bond donors (Lipinski definition) is 1. The monoisotopic (exact) mass is 246 g/mol. The van der Waals surface area contributed by atoms with E-state index >= 15 is 0 Å². The van der Waals surface area contributed by atoms with E-state index in [1.807, 2.05) is 48.5 Å². The van der Waals surface area contributed by atoms with Crippen LogP contribution in [0.5, 0.6) is 5.75 Å². The van der Waals surface area contributed by atoms with Gasteiger partial charge in [-0.1, -0.05) is 48.5 Å². The molecule has 2 aromatic carbocycles. The van der Waals surface area contributed by atoms with Gasteiger partial charge >= 0.3 is 0 Å². The quantitative estimate of drug-likeness (QED) is 0.904. The Morgan fingerprint density at radius 1 is 1.06 bits per heavy atom. The molecule has 0 aliphatic rings. The summed E-state index contributed by atoms with van der Waals surface area (Å²) < 4.78 is 11.2. The van der Waals surface area contributed by atoms with Crippen molar-refractivity contribution >= 4 is 10.8 Å². The third kappa shape index (κ3) is 2.74. The predicted molar refractivity (Wildman–Crippen MR) is 71.3 cm³/mol. The van der Waals surface area contributed by atoms with Gasteiger partial charge in [-0.15, -0.1) is 0 Å². The van der Waals surface area contributed by atoms with Gasteiger partial charge < -0.3 is 5.11 Å². The number of phenols is 1. The van der Waals surface area contributed by atoms with E-state index in [0.29, 0.717) is 5.75 Å². The molecule has 0 aromatic heterocycles. The minimum Gasteiger partial charge on any atom is -0.507 e. The SMILES string of the molecule is CS(=O)Cc1cccc(-c2ccccc2)c1O. The molecular weight excluding hydrogens is 232 g/mol. The van der Waals surface area contributed by atoms with Gasteiger partial charge in [-0.25, -0.2) is 0 Å². The third-order valence-electron chi connectivity index (χ3n) is 2.56. The van der Waals surface area contributed by atoms with Gasteiger partial charge in [-0.3, -0.25) is 4.21 Å². The summed E-state index contributed by atoms with van der Waals surface area (Å²) in [6.07, 6.45) is 1.63. The Morgan fingerprint density at radius 3 is 2.41 bits per heavy atom. The Bertz CT molecular complexity index is 535. The van der Waals surface area contributed by atoms with Crippen molar-refractivity contribution in [2.24, 2.45) is 0 Å². The number of benzene rings is 2. The second-order valence-corrected chi connectivity index (χ2v) is 5.33. The van der Waals surface area contributed by atoms with Crippen LogP contribution in [0.1, 0.15) is 5.56 Å². The minimum absolute atomic E-state index is 0.230. The number of aromatic hydroxyl groups is 1. The molecule has 2 rings (SSSR count). The topological polar surface area (TPSA) is 37.3 Å². The first-order valence-electron chi connectivity index (χ1n) is 5.35. The Kier molecular flexibility index (Phi) is 3.59. The molecule has 0 saturated carbocycles. The highest BCUT2D eigenvalue weighted by Gasteiger charge is 2.09. The molecule has 88 valence electrons. The van der Waals surface area contributed by atoms with E-state index in [9.17, 15) is 9.32 Å². The van der Waals surface area contributed by atoms with Crippen molar-refractivity contribution in [1.82, 2.24) is 0 Å². The van der Waals surface area contributed by atoms with Crippen LogP contribution in [0.4, 0.5) is 0 Å². The van der Waals surface area contributed by atoms with Gasteiger partial charge in [-0.05, 0) is 5.56 Å². The fourth-order valence-corrected chi connectivity index (χ4v) is 2.45. The zero-order chi connectivity index (χ0) is 12.3. The van der Waals surface area contributed by atoms with Gasteiger partial charge in [0, 0.05) is 28.2 Å². The number of phenolic OH excluding ortho intramolecular Hbond substituents is 1. The molecule has 0 heterocycles. The molecule has 0 fully saturated rings. The molecule has 0 aliphatic heterocycles. The molecule has 2 aromatic rings. The molecule has 0 bridgehead atoms. The lowest BCUT2D eigenvalue weighted by atomic mass is 10.0. The smallest absolute Gasteiger partial charge is 0.127 e. The molecule has 17 heavy (non-hydrogen) atoms.